The first kappa shape index (κ1) is 9.16. The lowest BCUT2D eigenvalue weighted by molar-refractivity contribution is -0.338. The Morgan fingerprint density at radius 2 is 2.00 bits per heavy atom. The topological polar surface area (TPSA) is 110 Å². The van der Waals surface area contributed by atoms with E-state index in [4.69, 9.17) is 5.11 Å². The Morgan fingerprint density at radius 1 is 1.60 bits per heavy atom. The summed E-state index contributed by atoms with van der Waals surface area (Å²) < 4.78 is 13.0. The third-order valence-corrected chi connectivity index (χ3v) is 0.905. The van der Waals surface area contributed by atoms with E-state index in [0.29, 0.717) is 0 Å². The molecular formula is C3H3O6P-2. The smallest absolute Gasteiger partial charge is 0.370 e. The first-order chi connectivity index (χ1) is 4.33. The lowest BCUT2D eigenvalue weighted by Crippen LogP contribution is -2.18. The van der Waals surface area contributed by atoms with Crippen LogP contribution in [0.4, 0.5) is 0 Å². The molecule has 0 unspecified atom stereocenters. The highest BCUT2D eigenvalue weighted by Gasteiger charge is 2.05. The average molecular weight is 166 g/mol. The lowest BCUT2D eigenvalue weighted by atomic mass is 10.6. The third kappa shape index (κ3) is 4.08. The van der Waals surface area contributed by atoms with Gasteiger partial charge in [-0.25, -0.2) is 4.79 Å². The highest BCUT2D eigenvalue weighted by Crippen LogP contribution is 2.27. The first-order valence-electron chi connectivity index (χ1n) is 1.97. The summed E-state index contributed by atoms with van der Waals surface area (Å²) in [6.45, 7) is 2.65. The fraction of sp³-hybridized carbons (Fsp3) is 0. The van der Waals surface area contributed by atoms with Crippen molar-refractivity contribution in [3.63, 3.8) is 0 Å². The van der Waals surface area contributed by atoms with Crippen LogP contribution in [0.5, 0.6) is 0 Å². The van der Waals surface area contributed by atoms with Gasteiger partial charge in [0, 0.05) is 0 Å². The maximum absolute atomic E-state index is 9.75. The number of rotatable bonds is 3. The van der Waals surface area contributed by atoms with E-state index in [-0.39, 0.29) is 0 Å². The van der Waals surface area contributed by atoms with Gasteiger partial charge in [0.05, 0.1) is 0 Å². The van der Waals surface area contributed by atoms with Gasteiger partial charge in [0.25, 0.3) is 0 Å². The van der Waals surface area contributed by atoms with Crippen LogP contribution in [0.1, 0.15) is 0 Å². The lowest BCUT2D eigenvalue weighted by Gasteiger charge is -2.28. The van der Waals surface area contributed by atoms with Crippen molar-refractivity contribution in [3.05, 3.63) is 12.3 Å². The normalized spacial score (nSPS) is 10.6. The average Bonchev–Trinajstić information content (AvgIpc) is 1.60. The zero-order chi connectivity index (χ0) is 8.36. The second-order valence-corrected chi connectivity index (χ2v) is 2.34. The number of phosphoric ester groups is 1. The highest BCUT2D eigenvalue weighted by atomic mass is 31.2. The molecule has 0 saturated carbocycles. The molecule has 0 aromatic carbocycles. The number of phosphoric acid groups is 1. The quantitative estimate of drug-likeness (QED) is 0.308. The van der Waals surface area contributed by atoms with Gasteiger partial charge in [0.15, 0.2) is 0 Å². The van der Waals surface area contributed by atoms with Crippen molar-refractivity contribution in [1.82, 2.24) is 0 Å². The van der Waals surface area contributed by atoms with E-state index in [0.717, 1.165) is 0 Å². The number of hydrogen-bond acceptors (Lipinski definition) is 5. The minimum Gasteiger partial charge on any atom is -0.780 e. The standard InChI is InChI=1S/C3H5O6P/c1-2(3(4)5)9-10(6,7)8/h1H2,(H,4,5)(H2,6,7,8)/p-2. The maximum Gasteiger partial charge on any atom is 0.370 e. The molecule has 0 heterocycles. The largest absolute Gasteiger partial charge is 0.780 e. The molecular weight excluding hydrogens is 163 g/mol. The fourth-order valence-electron chi connectivity index (χ4n) is 0.174. The summed E-state index contributed by atoms with van der Waals surface area (Å²) in [6.07, 6.45) is 0. The molecule has 0 aliphatic carbocycles. The zero-order valence-corrected chi connectivity index (χ0v) is 5.54. The van der Waals surface area contributed by atoms with E-state index in [2.05, 4.69) is 11.1 Å². The molecule has 0 amide bonds. The highest BCUT2D eigenvalue weighted by molar-refractivity contribution is 7.43. The monoisotopic (exact) mass is 166 g/mol. The minimum absolute atomic E-state index is 1.10. The Labute approximate surface area is 56.0 Å². The minimum atomic E-state index is -5.26. The van der Waals surface area contributed by atoms with Gasteiger partial charge < -0.3 is 24.0 Å². The summed E-state index contributed by atoms with van der Waals surface area (Å²) >= 11 is 0. The number of aliphatic carboxylic acids is 1. The molecule has 1 N–H and O–H groups in total. The Morgan fingerprint density at radius 3 is 2.10 bits per heavy atom. The molecule has 0 spiro atoms. The number of hydrogen-bond donors (Lipinski definition) is 1. The van der Waals surface area contributed by atoms with E-state index < -0.39 is 19.6 Å². The molecule has 0 bridgehead atoms. The van der Waals surface area contributed by atoms with Crippen LogP contribution in [-0.4, -0.2) is 11.1 Å². The van der Waals surface area contributed by atoms with Crippen molar-refractivity contribution in [2.45, 2.75) is 0 Å². The fourth-order valence-corrected chi connectivity index (χ4v) is 0.522. The molecule has 0 aliphatic rings. The molecule has 0 aromatic rings. The molecule has 10 heavy (non-hydrogen) atoms. The van der Waals surface area contributed by atoms with E-state index in [1.807, 2.05) is 0 Å². The first-order valence-corrected chi connectivity index (χ1v) is 3.43. The Hall–Kier alpha value is -0.840. The molecule has 0 atom stereocenters. The van der Waals surface area contributed by atoms with Crippen molar-refractivity contribution in [2.24, 2.45) is 0 Å². The van der Waals surface area contributed by atoms with Crippen molar-refractivity contribution in [2.75, 3.05) is 0 Å². The molecule has 0 aliphatic heterocycles. The van der Waals surface area contributed by atoms with Crippen LogP contribution >= 0.6 is 7.82 Å². The summed E-state index contributed by atoms with van der Waals surface area (Å²) in [6, 6.07) is 0. The van der Waals surface area contributed by atoms with Crippen molar-refractivity contribution in [3.8, 4) is 0 Å². The van der Waals surface area contributed by atoms with Crippen LogP contribution in [0.3, 0.4) is 0 Å². The van der Waals surface area contributed by atoms with Gasteiger partial charge in [-0.15, -0.1) is 0 Å². The molecule has 0 fully saturated rings. The van der Waals surface area contributed by atoms with Gasteiger partial charge in [-0.05, 0) is 6.58 Å². The number of carboxylic acids is 1. The SMILES string of the molecule is C=C(OP(=O)([O-])[O-])C(=O)O. The second-order valence-electron chi connectivity index (χ2n) is 1.27. The van der Waals surface area contributed by atoms with Crippen LogP contribution < -0.4 is 9.79 Å². The van der Waals surface area contributed by atoms with Crippen molar-refractivity contribution in [1.29, 1.82) is 0 Å². The van der Waals surface area contributed by atoms with Gasteiger partial charge in [-0.3, -0.25) is 0 Å². The van der Waals surface area contributed by atoms with Crippen LogP contribution in [0, 0.1) is 0 Å². The number of carboxylic acid groups (broad SMARTS) is 1. The maximum atomic E-state index is 9.75. The summed E-state index contributed by atoms with van der Waals surface area (Å²) in [4.78, 5) is 29.1. The summed E-state index contributed by atoms with van der Waals surface area (Å²) in [5.74, 6) is -2.79. The summed E-state index contributed by atoms with van der Waals surface area (Å²) in [5.41, 5.74) is 0. The Balaban J connectivity index is 4.07. The molecule has 0 radical (unpaired) electrons. The van der Waals surface area contributed by atoms with Crippen LogP contribution in [0.2, 0.25) is 0 Å². The molecule has 0 aromatic heterocycles. The van der Waals surface area contributed by atoms with Crippen molar-refractivity contribution < 1.29 is 28.8 Å². The van der Waals surface area contributed by atoms with E-state index in [9.17, 15) is 19.1 Å². The zero-order valence-electron chi connectivity index (χ0n) is 4.64. The predicted octanol–water partition coefficient (Wildman–Crippen LogP) is -1.57. The molecule has 0 rings (SSSR count). The van der Waals surface area contributed by atoms with Crippen LogP contribution in [-0.2, 0) is 13.9 Å². The second kappa shape index (κ2) is 2.83. The van der Waals surface area contributed by atoms with Crippen LogP contribution in [0.15, 0.2) is 12.3 Å². The predicted molar refractivity (Wildman–Crippen MR) is 25.5 cm³/mol. The third-order valence-electron chi connectivity index (χ3n) is 0.461. The Kier molecular flexibility index (Phi) is 2.59. The van der Waals surface area contributed by atoms with Gasteiger partial charge in [-0.2, -0.15) is 0 Å². The van der Waals surface area contributed by atoms with Gasteiger partial charge in [0.2, 0.25) is 5.76 Å². The van der Waals surface area contributed by atoms with Gasteiger partial charge in [-0.1, -0.05) is 0 Å². The van der Waals surface area contributed by atoms with Crippen molar-refractivity contribution >= 4 is 13.8 Å². The molecule has 7 heteroatoms. The van der Waals surface area contributed by atoms with E-state index >= 15 is 0 Å². The summed E-state index contributed by atoms with van der Waals surface area (Å²) in [7, 11) is -5.26. The molecule has 0 saturated heterocycles. The molecule has 6 nitrogen and oxygen atoms in total. The van der Waals surface area contributed by atoms with E-state index in [1.165, 1.54) is 0 Å². The molecule has 58 valence electrons. The van der Waals surface area contributed by atoms with Gasteiger partial charge >= 0.3 is 5.97 Å². The van der Waals surface area contributed by atoms with E-state index in [1.54, 1.807) is 0 Å². The van der Waals surface area contributed by atoms with Crippen LogP contribution in [0.25, 0.3) is 0 Å². The number of carbonyl (C=O) groups is 1. The van der Waals surface area contributed by atoms with Gasteiger partial charge in [0.1, 0.15) is 7.82 Å². The Bertz CT molecular complexity index is 201. The summed E-state index contributed by atoms with van der Waals surface area (Å²) in [5, 5.41) is 7.92.